The predicted octanol–water partition coefficient (Wildman–Crippen LogP) is 4.50. The lowest BCUT2D eigenvalue weighted by molar-refractivity contribution is -0.142. The topological polar surface area (TPSA) is 26.3 Å². The molecule has 2 rings (SSSR count). The van der Waals surface area contributed by atoms with E-state index in [0.29, 0.717) is 19.4 Å². The molecule has 0 aromatic heterocycles. The molecular formula is C18H20O2. The van der Waals surface area contributed by atoms with Crippen LogP contribution >= 0.6 is 0 Å². The zero-order valence-electron chi connectivity index (χ0n) is 12.1. The fourth-order valence-electron chi connectivity index (χ4n) is 2.44. The molecule has 0 amide bonds. The standard InChI is InChI=1S/C18H20O2/c1-4-20-17(19)12-11-13(2)16-10-6-9-15-8-5-7-14(3)18(15)16/h5-10H,2,4,11-12H2,1,3H3. The Bertz CT molecular complexity index is 636. The van der Waals surface area contributed by atoms with Gasteiger partial charge in [-0.3, -0.25) is 4.79 Å². The summed E-state index contributed by atoms with van der Waals surface area (Å²) in [6.45, 7) is 8.49. The Kier molecular flexibility index (Phi) is 4.57. The van der Waals surface area contributed by atoms with Gasteiger partial charge in [-0.05, 0) is 47.7 Å². The van der Waals surface area contributed by atoms with Crippen LogP contribution in [0.3, 0.4) is 0 Å². The summed E-state index contributed by atoms with van der Waals surface area (Å²) in [6, 6.07) is 12.5. The first kappa shape index (κ1) is 14.3. The molecule has 0 N–H and O–H groups in total. The molecule has 2 aromatic carbocycles. The third-order valence-electron chi connectivity index (χ3n) is 3.43. The van der Waals surface area contributed by atoms with Crippen molar-refractivity contribution in [2.45, 2.75) is 26.7 Å². The molecule has 0 fully saturated rings. The second-order valence-electron chi connectivity index (χ2n) is 4.89. The van der Waals surface area contributed by atoms with Crippen molar-refractivity contribution in [1.29, 1.82) is 0 Å². The maximum Gasteiger partial charge on any atom is 0.306 e. The number of aryl methyl sites for hydroxylation is 1. The molecule has 104 valence electrons. The van der Waals surface area contributed by atoms with E-state index >= 15 is 0 Å². The number of carbonyl (C=O) groups is 1. The van der Waals surface area contributed by atoms with E-state index in [0.717, 1.165) is 11.1 Å². The summed E-state index contributed by atoms with van der Waals surface area (Å²) in [4.78, 5) is 11.4. The number of esters is 1. The largest absolute Gasteiger partial charge is 0.466 e. The molecule has 0 unspecified atom stereocenters. The van der Waals surface area contributed by atoms with E-state index in [9.17, 15) is 4.79 Å². The molecule has 0 aliphatic rings. The Balaban J connectivity index is 2.24. The van der Waals surface area contributed by atoms with E-state index in [2.05, 4.69) is 43.8 Å². The minimum Gasteiger partial charge on any atom is -0.466 e. The summed E-state index contributed by atoms with van der Waals surface area (Å²) in [5, 5.41) is 2.43. The molecular weight excluding hydrogens is 248 g/mol. The number of allylic oxidation sites excluding steroid dienone is 1. The Morgan fingerprint density at radius 3 is 2.55 bits per heavy atom. The van der Waals surface area contributed by atoms with Gasteiger partial charge in [0.25, 0.3) is 0 Å². The molecule has 0 saturated heterocycles. The van der Waals surface area contributed by atoms with Gasteiger partial charge in [0.1, 0.15) is 0 Å². The monoisotopic (exact) mass is 268 g/mol. The predicted molar refractivity (Wildman–Crippen MR) is 83.6 cm³/mol. The molecule has 2 aromatic rings. The first-order chi connectivity index (χ1) is 9.63. The van der Waals surface area contributed by atoms with E-state index in [1.807, 2.05) is 13.0 Å². The van der Waals surface area contributed by atoms with Gasteiger partial charge in [0, 0.05) is 6.42 Å². The van der Waals surface area contributed by atoms with Gasteiger partial charge in [0.05, 0.1) is 6.61 Å². The smallest absolute Gasteiger partial charge is 0.306 e. The molecule has 0 aliphatic carbocycles. The number of hydrogen-bond donors (Lipinski definition) is 0. The lowest BCUT2D eigenvalue weighted by Crippen LogP contribution is -2.03. The molecule has 0 bridgehead atoms. The number of benzene rings is 2. The van der Waals surface area contributed by atoms with Crippen molar-refractivity contribution >= 4 is 22.3 Å². The van der Waals surface area contributed by atoms with E-state index in [1.165, 1.54) is 16.3 Å². The van der Waals surface area contributed by atoms with Crippen LogP contribution in [0.15, 0.2) is 43.0 Å². The summed E-state index contributed by atoms with van der Waals surface area (Å²) < 4.78 is 4.96. The highest BCUT2D eigenvalue weighted by molar-refractivity contribution is 5.96. The van der Waals surface area contributed by atoms with E-state index in [1.54, 1.807) is 0 Å². The van der Waals surface area contributed by atoms with Crippen LogP contribution in [-0.2, 0) is 9.53 Å². The van der Waals surface area contributed by atoms with Crippen molar-refractivity contribution in [3.8, 4) is 0 Å². The second-order valence-corrected chi connectivity index (χ2v) is 4.89. The third kappa shape index (κ3) is 3.08. The minimum atomic E-state index is -0.161. The van der Waals surface area contributed by atoms with Gasteiger partial charge >= 0.3 is 5.97 Å². The molecule has 0 aliphatic heterocycles. The van der Waals surface area contributed by atoms with Crippen molar-refractivity contribution in [2.24, 2.45) is 0 Å². The maximum atomic E-state index is 11.4. The van der Waals surface area contributed by atoms with Crippen molar-refractivity contribution in [3.63, 3.8) is 0 Å². The lowest BCUT2D eigenvalue weighted by Gasteiger charge is -2.11. The third-order valence-corrected chi connectivity index (χ3v) is 3.43. The second kappa shape index (κ2) is 6.38. The van der Waals surface area contributed by atoms with Crippen LogP contribution in [0.4, 0.5) is 0 Å². The van der Waals surface area contributed by atoms with Crippen LogP contribution in [0.1, 0.15) is 30.9 Å². The Morgan fingerprint density at radius 1 is 1.15 bits per heavy atom. The first-order valence-electron chi connectivity index (χ1n) is 6.95. The van der Waals surface area contributed by atoms with Crippen molar-refractivity contribution < 1.29 is 9.53 Å². The average molecular weight is 268 g/mol. The van der Waals surface area contributed by atoms with Gasteiger partial charge in [-0.25, -0.2) is 0 Å². The molecule has 0 heterocycles. The molecule has 0 radical (unpaired) electrons. The van der Waals surface area contributed by atoms with E-state index < -0.39 is 0 Å². The number of hydrogen-bond acceptors (Lipinski definition) is 2. The van der Waals surface area contributed by atoms with Gasteiger partial charge in [0.2, 0.25) is 0 Å². The fraction of sp³-hybridized carbons (Fsp3) is 0.278. The lowest BCUT2D eigenvalue weighted by atomic mass is 9.94. The normalized spacial score (nSPS) is 10.5. The zero-order chi connectivity index (χ0) is 14.5. The minimum absolute atomic E-state index is 0.161. The summed E-state index contributed by atoms with van der Waals surface area (Å²) in [6.07, 6.45) is 1.02. The highest BCUT2D eigenvalue weighted by Gasteiger charge is 2.09. The molecule has 2 heteroatoms. The summed E-state index contributed by atoms with van der Waals surface area (Å²) in [5.41, 5.74) is 3.35. The van der Waals surface area contributed by atoms with E-state index in [4.69, 9.17) is 4.74 Å². The highest BCUT2D eigenvalue weighted by atomic mass is 16.5. The molecule has 0 spiro atoms. The first-order valence-corrected chi connectivity index (χ1v) is 6.95. The Labute approximate surface area is 120 Å². The van der Waals surface area contributed by atoms with Crippen molar-refractivity contribution in [3.05, 3.63) is 54.1 Å². The number of fused-ring (bicyclic) bond motifs is 1. The number of ether oxygens (including phenoxy) is 1. The van der Waals surface area contributed by atoms with Crippen LogP contribution in [0.2, 0.25) is 0 Å². The molecule has 0 atom stereocenters. The van der Waals surface area contributed by atoms with Crippen LogP contribution in [0.5, 0.6) is 0 Å². The SMILES string of the molecule is C=C(CCC(=O)OCC)c1cccc2cccc(C)c12. The van der Waals surface area contributed by atoms with E-state index in [-0.39, 0.29) is 5.97 Å². The van der Waals surface area contributed by atoms with Crippen LogP contribution in [-0.4, -0.2) is 12.6 Å². The number of carbonyl (C=O) groups excluding carboxylic acids is 1. The number of rotatable bonds is 5. The highest BCUT2D eigenvalue weighted by Crippen LogP contribution is 2.29. The Morgan fingerprint density at radius 2 is 1.85 bits per heavy atom. The average Bonchev–Trinajstić information content (AvgIpc) is 2.45. The molecule has 0 saturated carbocycles. The summed E-state index contributed by atoms with van der Waals surface area (Å²) >= 11 is 0. The molecule has 2 nitrogen and oxygen atoms in total. The zero-order valence-corrected chi connectivity index (χ0v) is 12.1. The van der Waals surface area contributed by atoms with Gasteiger partial charge in [-0.1, -0.05) is 43.0 Å². The van der Waals surface area contributed by atoms with Crippen LogP contribution in [0, 0.1) is 6.92 Å². The maximum absolute atomic E-state index is 11.4. The summed E-state index contributed by atoms with van der Waals surface area (Å²) in [5.74, 6) is -0.161. The van der Waals surface area contributed by atoms with Crippen molar-refractivity contribution in [2.75, 3.05) is 6.61 Å². The quantitative estimate of drug-likeness (QED) is 0.746. The summed E-state index contributed by atoms with van der Waals surface area (Å²) in [7, 11) is 0. The van der Waals surface area contributed by atoms with Crippen LogP contribution < -0.4 is 0 Å². The van der Waals surface area contributed by atoms with Gasteiger partial charge < -0.3 is 4.74 Å². The van der Waals surface area contributed by atoms with Gasteiger partial charge in [-0.15, -0.1) is 0 Å². The Hall–Kier alpha value is -2.09. The molecule has 20 heavy (non-hydrogen) atoms. The van der Waals surface area contributed by atoms with Crippen LogP contribution in [0.25, 0.3) is 16.3 Å². The van der Waals surface area contributed by atoms with Gasteiger partial charge in [0.15, 0.2) is 0 Å². The fourth-order valence-corrected chi connectivity index (χ4v) is 2.44. The van der Waals surface area contributed by atoms with Crippen molar-refractivity contribution in [1.82, 2.24) is 0 Å². The van der Waals surface area contributed by atoms with Gasteiger partial charge in [-0.2, -0.15) is 0 Å².